The molecule has 2 fully saturated rings. The lowest BCUT2D eigenvalue weighted by molar-refractivity contribution is -0.0576. The summed E-state index contributed by atoms with van der Waals surface area (Å²) in [6.07, 6.45) is 2.26. The zero-order chi connectivity index (χ0) is 17.4. The van der Waals surface area contributed by atoms with Crippen molar-refractivity contribution >= 4 is 7.12 Å². The van der Waals surface area contributed by atoms with Gasteiger partial charge in [-0.05, 0) is 48.8 Å². The van der Waals surface area contributed by atoms with Crippen LogP contribution < -0.4 is 4.74 Å². The third kappa shape index (κ3) is 3.63. The molecule has 1 aromatic rings. The maximum Gasteiger partial charge on any atom is 0.485 e. The van der Waals surface area contributed by atoms with Gasteiger partial charge in [-0.1, -0.05) is 32.9 Å². The number of hydrogen-bond donors (Lipinski definition) is 0. The van der Waals surface area contributed by atoms with Gasteiger partial charge in [-0.3, -0.25) is 0 Å². The minimum absolute atomic E-state index is 0.176. The molecule has 132 valence electrons. The molecule has 0 N–H and O–H groups in total. The van der Waals surface area contributed by atoms with Crippen molar-refractivity contribution in [3.8, 4) is 5.75 Å². The van der Waals surface area contributed by atoms with Crippen LogP contribution in [0.3, 0.4) is 0 Å². The Hall–Kier alpha value is -1.04. The summed E-state index contributed by atoms with van der Waals surface area (Å²) < 4.78 is 23.4. The third-order valence-corrected chi connectivity index (χ3v) is 5.79. The minimum Gasteiger partial charge on any atom is -0.497 e. The van der Waals surface area contributed by atoms with Crippen LogP contribution in [0.4, 0.5) is 0 Å². The number of rotatable bonds is 5. The maximum atomic E-state index is 6.24. The van der Waals surface area contributed by atoms with Gasteiger partial charge in [-0.25, -0.2) is 0 Å². The first-order valence-electron chi connectivity index (χ1n) is 8.86. The summed E-state index contributed by atoms with van der Waals surface area (Å²) in [5.41, 5.74) is 1.21. The Morgan fingerprint density at radius 1 is 1.21 bits per heavy atom. The molecule has 0 radical (unpaired) electrons. The highest BCUT2D eigenvalue weighted by atomic mass is 16.7. The first-order chi connectivity index (χ1) is 11.3. The van der Waals surface area contributed by atoms with Crippen molar-refractivity contribution in [2.24, 2.45) is 11.3 Å². The van der Waals surface area contributed by atoms with E-state index in [2.05, 4.69) is 27.7 Å². The van der Waals surface area contributed by atoms with Crippen LogP contribution in [0.15, 0.2) is 24.3 Å². The Balaban J connectivity index is 1.51. The van der Waals surface area contributed by atoms with Gasteiger partial charge in [0.2, 0.25) is 0 Å². The Morgan fingerprint density at radius 2 is 1.92 bits per heavy atom. The summed E-state index contributed by atoms with van der Waals surface area (Å²) in [5, 5.41) is 0. The van der Waals surface area contributed by atoms with Gasteiger partial charge in [0.15, 0.2) is 0 Å². The summed E-state index contributed by atoms with van der Waals surface area (Å²) in [6.45, 7) is 10.2. The molecule has 1 heterocycles. The quantitative estimate of drug-likeness (QED) is 0.767. The molecule has 5 heteroatoms. The fraction of sp³-hybridized carbons (Fsp3) is 0.684. The first-order valence-corrected chi connectivity index (χ1v) is 8.86. The van der Waals surface area contributed by atoms with E-state index in [4.69, 9.17) is 18.8 Å². The normalized spacial score (nSPS) is 31.8. The van der Waals surface area contributed by atoms with E-state index < -0.39 is 0 Å². The summed E-state index contributed by atoms with van der Waals surface area (Å²) in [4.78, 5) is 0. The van der Waals surface area contributed by atoms with Gasteiger partial charge in [0.25, 0.3) is 0 Å². The number of hydrogen-bond acceptors (Lipinski definition) is 4. The second-order valence-corrected chi connectivity index (χ2v) is 8.15. The summed E-state index contributed by atoms with van der Waals surface area (Å²) >= 11 is 0. The smallest absolute Gasteiger partial charge is 0.485 e. The molecule has 1 aromatic carbocycles. The zero-order valence-corrected chi connectivity index (χ0v) is 15.5. The summed E-state index contributed by atoms with van der Waals surface area (Å²) in [5.74, 6) is 1.49. The predicted octanol–water partition coefficient (Wildman–Crippen LogP) is 3.87. The van der Waals surface area contributed by atoms with Crippen LogP contribution in [-0.2, 0) is 20.7 Å². The molecule has 3 rings (SSSR count). The second kappa shape index (κ2) is 6.70. The Kier molecular flexibility index (Phi) is 4.96. The van der Waals surface area contributed by atoms with Crippen molar-refractivity contribution < 1.29 is 18.8 Å². The van der Waals surface area contributed by atoms with Crippen molar-refractivity contribution in [2.45, 2.75) is 58.8 Å². The number of fused-ring (bicyclic) bond motifs is 1. The van der Waals surface area contributed by atoms with Crippen LogP contribution >= 0.6 is 0 Å². The third-order valence-electron chi connectivity index (χ3n) is 5.79. The molecule has 1 saturated heterocycles. The van der Waals surface area contributed by atoms with Crippen LogP contribution in [-0.4, -0.2) is 32.4 Å². The van der Waals surface area contributed by atoms with Gasteiger partial charge in [0, 0.05) is 0 Å². The van der Waals surface area contributed by atoms with E-state index in [0.29, 0.717) is 19.0 Å². The summed E-state index contributed by atoms with van der Waals surface area (Å²) in [7, 11) is 1.40. The molecule has 1 saturated carbocycles. The monoisotopic (exact) mass is 332 g/mol. The molecule has 3 atom stereocenters. The minimum atomic E-state index is -0.264. The van der Waals surface area contributed by atoms with Crippen molar-refractivity contribution in [2.75, 3.05) is 13.6 Å². The van der Waals surface area contributed by atoms with Crippen LogP contribution in [0.2, 0.25) is 0 Å². The lowest BCUT2D eigenvalue weighted by Gasteiger charge is -2.47. The van der Waals surface area contributed by atoms with E-state index in [0.717, 1.165) is 24.2 Å². The highest BCUT2D eigenvalue weighted by Crippen LogP contribution is 2.50. The van der Waals surface area contributed by atoms with Gasteiger partial charge >= 0.3 is 7.12 Å². The molecule has 24 heavy (non-hydrogen) atoms. The molecule has 4 nitrogen and oxygen atoms in total. The molecule has 0 spiro atoms. The molecular weight excluding hydrogens is 303 g/mol. The van der Waals surface area contributed by atoms with Crippen LogP contribution in [0.1, 0.15) is 46.1 Å². The fourth-order valence-corrected chi connectivity index (χ4v) is 3.98. The fourth-order valence-electron chi connectivity index (χ4n) is 3.98. The van der Waals surface area contributed by atoms with Crippen molar-refractivity contribution in [3.63, 3.8) is 0 Å². The molecule has 2 unspecified atom stereocenters. The van der Waals surface area contributed by atoms with E-state index in [-0.39, 0.29) is 24.2 Å². The first kappa shape index (κ1) is 17.8. The topological polar surface area (TPSA) is 36.9 Å². The standard InChI is InChI=1S/C19H29BO4/c1-14-10-17-19(4,12-18(14,2)3)24-20(23-17)13-22-11-15-6-8-16(21-5)9-7-15/h6-9,14,17H,10-13H2,1-5H3/t14-,17?,19?/m0/s1. The highest BCUT2D eigenvalue weighted by molar-refractivity contribution is 6.45. The SMILES string of the molecule is COc1ccc(COCB2OC3C[C@H](C)C(C)(C)CC3(C)O2)cc1. The maximum absolute atomic E-state index is 6.24. The van der Waals surface area contributed by atoms with Gasteiger partial charge in [-0.2, -0.15) is 0 Å². The molecular formula is C19H29BO4. The van der Waals surface area contributed by atoms with Crippen LogP contribution in [0.25, 0.3) is 0 Å². The van der Waals surface area contributed by atoms with Crippen LogP contribution in [0.5, 0.6) is 5.75 Å². The predicted molar refractivity (Wildman–Crippen MR) is 94.9 cm³/mol. The van der Waals surface area contributed by atoms with Crippen LogP contribution in [0, 0.1) is 11.3 Å². The number of ether oxygens (including phenoxy) is 2. The van der Waals surface area contributed by atoms with Gasteiger partial charge in [0.1, 0.15) is 5.75 Å². The Labute approximate surface area is 146 Å². The second-order valence-electron chi connectivity index (χ2n) is 8.15. The van der Waals surface area contributed by atoms with Crippen molar-refractivity contribution in [1.82, 2.24) is 0 Å². The number of benzene rings is 1. The molecule has 2 aliphatic rings. The highest BCUT2D eigenvalue weighted by Gasteiger charge is 2.55. The zero-order valence-electron chi connectivity index (χ0n) is 15.5. The lowest BCUT2D eigenvalue weighted by Crippen LogP contribution is -2.49. The molecule has 0 aromatic heterocycles. The summed E-state index contributed by atoms with van der Waals surface area (Å²) in [6, 6.07) is 7.92. The van der Waals surface area contributed by atoms with E-state index in [9.17, 15) is 0 Å². The molecule has 0 amide bonds. The lowest BCUT2D eigenvalue weighted by atomic mass is 9.63. The van der Waals surface area contributed by atoms with E-state index in [1.807, 2.05) is 24.3 Å². The van der Waals surface area contributed by atoms with E-state index in [1.54, 1.807) is 7.11 Å². The Bertz CT molecular complexity index is 559. The van der Waals surface area contributed by atoms with E-state index in [1.165, 1.54) is 0 Å². The molecule has 1 aliphatic carbocycles. The van der Waals surface area contributed by atoms with E-state index >= 15 is 0 Å². The van der Waals surface area contributed by atoms with Gasteiger partial charge in [0.05, 0.1) is 31.9 Å². The largest absolute Gasteiger partial charge is 0.497 e. The van der Waals surface area contributed by atoms with Crippen molar-refractivity contribution in [1.29, 1.82) is 0 Å². The molecule has 1 aliphatic heterocycles. The average molecular weight is 332 g/mol. The van der Waals surface area contributed by atoms with Crippen molar-refractivity contribution in [3.05, 3.63) is 29.8 Å². The molecule has 0 bridgehead atoms. The number of methoxy groups -OCH3 is 1. The average Bonchev–Trinajstić information content (AvgIpc) is 2.83. The Morgan fingerprint density at radius 3 is 2.58 bits per heavy atom. The van der Waals surface area contributed by atoms with Gasteiger partial charge in [-0.15, -0.1) is 0 Å². The van der Waals surface area contributed by atoms with Gasteiger partial charge < -0.3 is 18.8 Å².